The Balaban J connectivity index is 0.00000225. The largest absolute Gasteiger partial charge is 0.352 e. The first kappa shape index (κ1) is 20.2. The monoisotopic (exact) mass is 387 g/mol. The second kappa shape index (κ2) is 8.49. The predicted octanol–water partition coefficient (Wildman–Crippen LogP) is 1.05. The number of halogens is 1. The molecule has 1 aliphatic heterocycles. The van der Waals surface area contributed by atoms with Crippen LogP contribution in [0.15, 0.2) is 30.3 Å². The molecule has 1 aromatic carbocycles. The van der Waals surface area contributed by atoms with Gasteiger partial charge in [0.05, 0.1) is 11.3 Å². The molecule has 6 nitrogen and oxygen atoms in total. The average Bonchev–Trinajstić information content (AvgIpc) is 3.41. The van der Waals surface area contributed by atoms with Crippen LogP contribution in [0.25, 0.3) is 0 Å². The fraction of sp³-hybridized carbons (Fsp3) is 0.588. The van der Waals surface area contributed by atoms with Gasteiger partial charge in [-0.15, -0.1) is 12.4 Å². The zero-order valence-electron chi connectivity index (χ0n) is 14.1. The van der Waals surface area contributed by atoms with E-state index in [2.05, 4.69) is 5.32 Å². The minimum Gasteiger partial charge on any atom is -0.352 e. The summed E-state index contributed by atoms with van der Waals surface area (Å²) in [4.78, 5) is 12.2. The molecule has 3 N–H and O–H groups in total. The number of nitrogens with zero attached hydrogens (tertiary/aromatic N) is 1. The molecule has 0 unspecified atom stereocenters. The van der Waals surface area contributed by atoms with Crippen LogP contribution >= 0.6 is 12.4 Å². The first-order valence-corrected chi connectivity index (χ1v) is 10.1. The number of nitrogens with one attached hydrogen (secondary N) is 1. The highest BCUT2D eigenvalue weighted by Gasteiger charge is 2.41. The van der Waals surface area contributed by atoms with Crippen molar-refractivity contribution in [2.24, 2.45) is 5.73 Å². The molecular formula is C17H26ClN3O3S. The maximum atomic E-state index is 12.2. The summed E-state index contributed by atoms with van der Waals surface area (Å²) < 4.78 is 26.0. The van der Waals surface area contributed by atoms with Crippen molar-refractivity contribution in [1.29, 1.82) is 0 Å². The molecule has 8 heteroatoms. The molecule has 3 rings (SSSR count). The van der Waals surface area contributed by atoms with E-state index in [1.165, 1.54) is 0 Å². The van der Waals surface area contributed by atoms with E-state index in [0.717, 1.165) is 18.4 Å². The smallest absolute Gasteiger partial charge is 0.237 e. The number of rotatable bonds is 6. The summed E-state index contributed by atoms with van der Waals surface area (Å²) in [6.07, 6.45) is 3.37. The molecule has 1 atom stereocenters. The van der Waals surface area contributed by atoms with Gasteiger partial charge in [-0.25, -0.2) is 12.7 Å². The van der Waals surface area contributed by atoms with Gasteiger partial charge >= 0.3 is 0 Å². The van der Waals surface area contributed by atoms with Crippen molar-refractivity contribution >= 4 is 28.3 Å². The second-order valence-corrected chi connectivity index (χ2v) is 8.94. The number of carbonyl (C=O) groups is 1. The van der Waals surface area contributed by atoms with E-state index in [4.69, 9.17) is 5.73 Å². The Kier molecular flexibility index (Phi) is 6.85. The summed E-state index contributed by atoms with van der Waals surface area (Å²) >= 11 is 0. The van der Waals surface area contributed by atoms with Gasteiger partial charge in [0.15, 0.2) is 0 Å². The van der Waals surface area contributed by atoms with Gasteiger partial charge in [-0.05, 0) is 37.7 Å². The molecule has 0 spiro atoms. The number of carbonyl (C=O) groups excluding carboxylic acids is 1. The third kappa shape index (κ3) is 5.17. The molecule has 2 fully saturated rings. The molecular weight excluding hydrogens is 362 g/mol. The standard InChI is InChI=1S/C17H25N3O3S.ClH/c18-16(12-13-4-2-1-3-5-13)17(21)19-14-8-10-20(11-9-14)24(22,23)15-6-7-15;/h1-5,14-16H,6-12,18H2,(H,19,21);1H/t16-;/m0./s1. The first-order chi connectivity index (χ1) is 11.5. The molecule has 2 aliphatic rings. The van der Waals surface area contributed by atoms with Gasteiger partial charge in [-0.2, -0.15) is 0 Å². The Morgan fingerprint density at radius 3 is 2.32 bits per heavy atom. The van der Waals surface area contributed by atoms with Crippen molar-refractivity contribution in [1.82, 2.24) is 9.62 Å². The Morgan fingerprint density at radius 2 is 1.76 bits per heavy atom. The van der Waals surface area contributed by atoms with Crippen molar-refractivity contribution in [2.45, 2.75) is 49.4 Å². The summed E-state index contributed by atoms with van der Waals surface area (Å²) in [6, 6.07) is 9.11. The molecule has 1 amide bonds. The van der Waals surface area contributed by atoms with Crippen molar-refractivity contribution < 1.29 is 13.2 Å². The van der Waals surface area contributed by atoms with Gasteiger partial charge in [0, 0.05) is 19.1 Å². The van der Waals surface area contributed by atoms with E-state index in [0.29, 0.717) is 32.4 Å². The Bertz CT molecular complexity index is 672. The van der Waals surface area contributed by atoms with E-state index >= 15 is 0 Å². The summed E-state index contributed by atoms with van der Waals surface area (Å²) in [7, 11) is -3.10. The lowest BCUT2D eigenvalue weighted by Crippen LogP contribution is -2.51. The number of sulfonamides is 1. The van der Waals surface area contributed by atoms with Crippen LogP contribution in [-0.4, -0.2) is 49.1 Å². The molecule has 1 aromatic rings. The van der Waals surface area contributed by atoms with Crippen molar-refractivity contribution in [3.05, 3.63) is 35.9 Å². The predicted molar refractivity (Wildman–Crippen MR) is 100 cm³/mol. The van der Waals surface area contributed by atoms with Crippen LogP contribution in [0.1, 0.15) is 31.2 Å². The molecule has 0 bridgehead atoms. The molecule has 0 aromatic heterocycles. The van der Waals surface area contributed by atoms with E-state index < -0.39 is 16.1 Å². The van der Waals surface area contributed by atoms with Crippen LogP contribution in [0.3, 0.4) is 0 Å². The molecule has 25 heavy (non-hydrogen) atoms. The van der Waals surface area contributed by atoms with Crippen LogP contribution in [0.2, 0.25) is 0 Å². The van der Waals surface area contributed by atoms with E-state index in [1.807, 2.05) is 30.3 Å². The number of hydrogen-bond donors (Lipinski definition) is 2. The van der Waals surface area contributed by atoms with Crippen LogP contribution in [0.5, 0.6) is 0 Å². The number of amides is 1. The van der Waals surface area contributed by atoms with Gasteiger partial charge in [0.25, 0.3) is 0 Å². The lowest BCUT2D eigenvalue weighted by Gasteiger charge is -2.32. The van der Waals surface area contributed by atoms with Crippen LogP contribution in [0, 0.1) is 0 Å². The zero-order valence-corrected chi connectivity index (χ0v) is 15.8. The summed E-state index contributed by atoms with van der Waals surface area (Å²) in [5.41, 5.74) is 7.03. The Labute approximate surface area is 155 Å². The fourth-order valence-corrected chi connectivity index (χ4v) is 4.97. The second-order valence-electron chi connectivity index (χ2n) is 6.72. The Morgan fingerprint density at radius 1 is 1.16 bits per heavy atom. The highest BCUT2D eigenvalue weighted by atomic mass is 35.5. The fourth-order valence-electron chi connectivity index (χ4n) is 3.10. The minimum absolute atomic E-state index is 0. The molecule has 1 aliphatic carbocycles. The molecule has 140 valence electrons. The highest BCUT2D eigenvalue weighted by molar-refractivity contribution is 7.90. The maximum Gasteiger partial charge on any atom is 0.237 e. The lowest BCUT2D eigenvalue weighted by atomic mass is 10.0. The van der Waals surface area contributed by atoms with Gasteiger partial charge in [0.2, 0.25) is 15.9 Å². The van der Waals surface area contributed by atoms with Crippen molar-refractivity contribution in [3.8, 4) is 0 Å². The third-order valence-electron chi connectivity index (χ3n) is 4.74. The molecule has 1 saturated carbocycles. The highest BCUT2D eigenvalue weighted by Crippen LogP contribution is 2.32. The van der Waals surface area contributed by atoms with E-state index in [-0.39, 0.29) is 29.6 Å². The summed E-state index contributed by atoms with van der Waals surface area (Å²) in [5.74, 6) is -0.164. The number of hydrogen-bond acceptors (Lipinski definition) is 4. The first-order valence-electron chi connectivity index (χ1n) is 8.55. The molecule has 0 radical (unpaired) electrons. The topological polar surface area (TPSA) is 92.5 Å². The zero-order chi connectivity index (χ0) is 17.2. The number of nitrogens with two attached hydrogens (primary N) is 1. The molecule has 1 heterocycles. The summed E-state index contributed by atoms with van der Waals surface area (Å²) in [6.45, 7) is 0.968. The quantitative estimate of drug-likeness (QED) is 0.763. The number of benzene rings is 1. The van der Waals surface area contributed by atoms with Crippen molar-refractivity contribution in [3.63, 3.8) is 0 Å². The maximum absolute atomic E-state index is 12.2. The average molecular weight is 388 g/mol. The van der Waals surface area contributed by atoms with Gasteiger partial charge < -0.3 is 11.1 Å². The number of piperidine rings is 1. The van der Waals surface area contributed by atoms with Crippen molar-refractivity contribution in [2.75, 3.05) is 13.1 Å². The summed E-state index contributed by atoms with van der Waals surface area (Å²) in [5, 5.41) is 2.81. The van der Waals surface area contributed by atoms with Gasteiger partial charge in [-0.1, -0.05) is 30.3 Å². The van der Waals surface area contributed by atoms with Gasteiger partial charge in [0.1, 0.15) is 0 Å². The minimum atomic E-state index is -3.10. The lowest BCUT2D eigenvalue weighted by molar-refractivity contribution is -0.123. The normalized spacial score (nSPS) is 20.5. The van der Waals surface area contributed by atoms with Crippen LogP contribution in [0.4, 0.5) is 0 Å². The molecule has 1 saturated heterocycles. The van der Waals surface area contributed by atoms with Crippen LogP contribution < -0.4 is 11.1 Å². The van der Waals surface area contributed by atoms with Crippen LogP contribution in [-0.2, 0) is 21.2 Å². The van der Waals surface area contributed by atoms with E-state index in [1.54, 1.807) is 4.31 Å². The third-order valence-corrected chi connectivity index (χ3v) is 7.14. The SMILES string of the molecule is Cl.N[C@@H](Cc1ccccc1)C(=O)NC1CCN(S(=O)(=O)C2CC2)CC1. The van der Waals surface area contributed by atoms with Gasteiger partial charge in [-0.3, -0.25) is 4.79 Å². The Hall–Kier alpha value is -1.15. The van der Waals surface area contributed by atoms with E-state index in [9.17, 15) is 13.2 Å².